The topological polar surface area (TPSA) is 39.1 Å². The molecule has 2 rings (SSSR count). The summed E-state index contributed by atoms with van der Waals surface area (Å²) in [5.74, 6) is 0.885. The van der Waals surface area contributed by atoms with Gasteiger partial charge in [-0.1, -0.05) is 19.1 Å². The summed E-state index contributed by atoms with van der Waals surface area (Å²) in [5.41, 5.74) is 3.45. The van der Waals surface area contributed by atoms with Crippen molar-refractivity contribution in [2.75, 3.05) is 7.05 Å². The van der Waals surface area contributed by atoms with E-state index in [1.807, 2.05) is 30.9 Å². The van der Waals surface area contributed by atoms with Crippen molar-refractivity contribution in [3.63, 3.8) is 0 Å². The molecule has 1 aromatic heterocycles. The molecule has 1 N–H and O–H groups in total. The second kappa shape index (κ2) is 6.57. The van der Waals surface area contributed by atoms with Crippen LogP contribution < -0.4 is 10.1 Å². The van der Waals surface area contributed by atoms with Gasteiger partial charge in [0.05, 0.1) is 11.4 Å². The first-order valence-electron chi connectivity index (χ1n) is 7.05. The fraction of sp³-hybridized carbons (Fsp3) is 0.438. The van der Waals surface area contributed by atoms with Gasteiger partial charge >= 0.3 is 0 Å². The Morgan fingerprint density at radius 2 is 2.00 bits per heavy atom. The summed E-state index contributed by atoms with van der Waals surface area (Å²) >= 11 is 0. The van der Waals surface area contributed by atoms with Crippen LogP contribution in [0, 0.1) is 0 Å². The van der Waals surface area contributed by atoms with Gasteiger partial charge in [0, 0.05) is 13.1 Å². The molecular weight excluding hydrogens is 250 g/mol. The SMILES string of the molecule is CCc1cc(COc2ccc(C(C)NC)cc2)n(C)n1. The number of nitrogens with zero attached hydrogens (tertiary/aromatic N) is 2. The zero-order valence-corrected chi connectivity index (χ0v) is 12.7. The van der Waals surface area contributed by atoms with E-state index in [1.165, 1.54) is 5.56 Å². The molecule has 0 saturated carbocycles. The van der Waals surface area contributed by atoms with Gasteiger partial charge in [-0.2, -0.15) is 5.10 Å². The lowest BCUT2D eigenvalue weighted by Crippen LogP contribution is -2.12. The zero-order valence-electron chi connectivity index (χ0n) is 12.7. The highest BCUT2D eigenvalue weighted by atomic mass is 16.5. The molecule has 20 heavy (non-hydrogen) atoms. The van der Waals surface area contributed by atoms with E-state index in [-0.39, 0.29) is 0 Å². The van der Waals surface area contributed by atoms with E-state index in [0.717, 1.165) is 23.6 Å². The van der Waals surface area contributed by atoms with Crippen molar-refractivity contribution in [3.05, 3.63) is 47.3 Å². The van der Waals surface area contributed by atoms with E-state index >= 15 is 0 Å². The minimum Gasteiger partial charge on any atom is -0.487 e. The fourth-order valence-electron chi connectivity index (χ4n) is 2.06. The molecule has 2 aromatic rings. The van der Waals surface area contributed by atoms with Crippen LogP contribution in [0.15, 0.2) is 30.3 Å². The molecule has 0 aliphatic rings. The fourth-order valence-corrected chi connectivity index (χ4v) is 2.06. The van der Waals surface area contributed by atoms with Gasteiger partial charge in [0.1, 0.15) is 12.4 Å². The second-order valence-corrected chi connectivity index (χ2v) is 4.97. The van der Waals surface area contributed by atoms with Gasteiger partial charge in [-0.05, 0) is 44.2 Å². The van der Waals surface area contributed by atoms with E-state index in [9.17, 15) is 0 Å². The molecule has 4 heteroatoms. The summed E-state index contributed by atoms with van der Waals surface area (Å²) in [7, 11) is 3.92. The van der Waals surface area contributed by atoms with E-state index in [0.29, 0.717) is 12.6 Å². The predicted octanol–water partition coefficient (Wildman–Crippen LogP) is 2.84. The molecule has 1 heterocycles. The molecule has 0 radical (unpaired) electrons. The average molecular weight is 273 g/mol. The van der Waals surface area contributed by atoms with E-state index < -0.39 is 0 Å². The summed E-state index contributed by atoms with van der Waals surface area (Å²) < 4.78 is 7.70. The molecule has 0 fully saturated rings. The number of hydrogen-bond acceptors (Lipinski definition) is 3. The first-order valence-corrected chi connectivity index (χ1v) is 7.05. The smallest absolute Gasteiger partial charge is 0.130 e. The molecule has 1 atom stereocenters. The number of ether oxygens (including phenoxy) is 1. The molecule has 4 nitrogen and oxygen atoms in total. The normalized spacial score (nSPS) is 12.4. The quantitative estimate of drug-likeness (QED) is 0.879. The maximum atomic E-state index is 5.82. The summed E-state index contributed by atoms with van der Waals surface area (Å²) in [6.07, 6.45) is 0.949. The van der Waals surface area contributed by atoms with Crippen LogP contribution in [0.2, 0.25) is 0 Å². The average Bonchev–Trinajstić information content (AvgIpc) is 2.85. The maximum Gasteiger partial charge on any atom is 0.130 e. The van der Waals surface area contributed by atoms with Crippen LogP contribution in [-0.2, 0) is 20.1 Å². The Kier molecular flexibility index (Phi) is 4.79. The summed E-state index contributed by atoms with van der Waals surface area (Å²) in [5, 5.41) is 7.64. The highest BCUT2D eigenvalue weighted by Gasteiger charge is 2.06. The molecule has 1 unspecified atom stereocenters. The second-order valence-electron chi connectivity index (χ2n) is 4.97. The lowest BCUT2D eigenvalue weighted by molar-refractivity contribution is 0.294. The van der Waals surface area contributed by atoms with Crippen LogP contribution in [0.3, 0.4) is 0 Å². The van der Waals surface area contributed by atoms with Crippen molar-refractivity contribution < 1.29 is 4.74 Å². The van der Waals surface area contributed by atoms with Gasteiger partial charge in [0.15, 0.2) is 0 Å². The van der Waals surface area contributed by atoms with E-state index in [2.05, 4.69) is 42.5 Å². The minimum atomic E-state index is 0.355. The van der Waals surface area contributed by atoms with Gasteiger partial charge in [-0.3, -0.25) is 4.68 Å². The van der Waals surface area contributed by atoms with Crippen LogP contribution in [0.4, 0.5) is 0 Å². The highest BCUT2D eigenvalue weighted by Crippen LogP contribution is 2.18. The summed E-state index contributed by atoms with van der Waals surface area (Å²) in [4.78, 5) is 0. The van der Waals surface area contributed by atoms with Crippen molar-refractivity contribution in [1.82, 2.24) is 15.1 Å². The minimum absolute atomic E-state index is 0.355. The Morgan fingerprint density at radius 3 is 2.55 bits per heavy atom. The van der Waals surface area contributed by atoms with Crippen molar-refractivity contribution in [1.29, 1.82) is 0 Å². The van der Waals surface area contributed by atoms with Crippen LogP contribution >= 0.6 is 0 Å². The molecule has 0 aliphatic heterocycles. The number of rotatable bonds is 6. The lowest BCUT2D eigenvalue weighted by Gasteiger charge is -2.11. The summed E-state index contributed by atoms with van der Waals surface area (Å²) in [6.45, 7) is 4.79. The Bertz CT molecular complexity index is 545. The molecule has 0 amide bonds. The largest absolute Gasteiger partial charge is 0.487 e. The lowest BCUT2D eigenvalue weighted by atomic mass is 10.1. The van der Waals surface area contributed by atoms with Crippen molar-refractivity contribution in [2.24, 2.45) is 7.05 Å². The van der Waals surface area contributed by atoms with E-state index in [1.54, 1.807) is 0 Å². The summed E-state index contributed by atoms with van der Waals surface area (Å²) in [6, 6.07) is 10.7. The Hall–Kier alpha value is -1.81. The maximum absolute atomic E-state index is 5.82. The Balaban J connectivity index is 1.98. The Morgan fingerprint density at radius 1 is 1.30 bits per heavy atom. The van der Waals surface area contributed by atoms with Crippen LogP contribution in [0.25, 0.3) is 0 Å². The molecule has 0 saturated heterocycles. The standard InChI is InChI=1S/C16H23N3O/c1-5-14-10-15(19(4)18-14)11-20-16-8-6-13(7-9-16)12(2)17-3/h6-10,12,17H,5,11H2,1-4H3. The van der Waals surface area contributed by atoms with Crippen molar-refractivity contribution >= 4 is 0 Å². The van der Waals surface area contributed by atoms with Gasteiger partial charge < -0.3 is 10.1 Å². The molecule has 1 aromatic carbocycles. The van der Waals surface area contributed by atoms with Gasteiger partial charge in [0.2, 0.25) is 0 Å². The monoisotopic (exact) mass is 273 g/mol. The Labute approximate surface area is 120 Å². The number of nitrogens with one attached hydrogen (secondary N) is 1. The third kappa shape index (κ3) is 3.39. The first kappa shape index (κ1) is 14.6. The van der Waals surface area contributed by atoms with E-state index in [4.69, 9.17) is 4.74 Å². The number of aromatic nitrogens is 2. The first-order chi connectivity index (χ1) is 9.63. The number of hydrogen-bond donors (Lipinski definition) is 1. The van der Waals surface area contributed by atoms with Crippen molar-refractivity contribution in [2.45, 2.75) is 32.9 Å². The van der Waals surface area contributed by atoms with Crippen molar-refractivity contribution in [3.8, 4) is 5.75 Å². The predicted molar refractivity (Wildman–Crippen MR) is 80.8 cm³/mol. The molecule has 0 bridgehead atoms. The zero-order chi connectivity index (χ0) is 14.5. The third-order valence-electron chi connectivity index (χ3n) is 3.59. The molecule has 0 spiro atoms. The highest BCUT2D eigenvalue weighted by molar-refractivity contribution is 5.29. The van der Waals surface area contributed by atoms with Gasteiger partial charge in [-0.25, -0.2) is 0 Å². The molecular formula is C16H23N3O. The van der Waals surface area contributed by atoms with Gasteiger partial charge in [-0.15, -0.1) is 0 Å². The van der Waals surface area contributed by atoms with Gasteiger partial charge in [0.25, 0.3) is 0 Å². The third-order valence-corrected chi connectivity index (χ3v) is 3.59. The molecule has 108 valence electrons. The number of benzene rings is 1. The molecule has 0 aliphatic carbocycles. The number of aryl methyl sites for hydroxylation is 2. The van der Waals surface area contributed by atoms with Crippen LogP contribution in [0.5, 0.6) is 5.75 Å². The van der Waals surface area contributed by atoms with Crippen LogP contribution in [0.1, 0.15) is 36.8 Å². The van der Waals surface area contributed by atoms with Crippen LogP contribution in [-0.4, -0.2) is 16.8 Å².